The first-order chi connectivity index (χ1) is 4.71. The molecule has 0 radical (unpaired) electrons. The molecule has 6 nitrogen and oxygen atoms in total. The van der Waals surface area contributed by atoms with E-state index in [1.807, 2.05) is 0 Å². The molecule has 0 aromatic carbocycles. The van der Waals surface area contributed by atoms with Crippen LogP contribution in [-0.4, -0.2) is 31.3 Å². The van der Waals surface area contributed by atoms with Crippen molar-refractivity contribution in [2.75, 3.05) is 20.3 Å². The average molecular weight is 149 g/mol. The van der Waals surface area contributed by atoms with Crippen LogP contribution in [0.15, 0.2) is 0 Å². The van der Waals surface area contributed by atoms with Gasteiger partial charge in [0.1, 0.15) is 4.92 Å². The van der Waals surface area contributed by atoms with Gasteiger partial charge in [-0.3, -0.25) is 24.3 Å². The van der Waals surface area contributed by atoms with Gasteiger partial charge in [0.05, 0.1) is 13.2 Å². The molecule has 1 aliphatic rings. The van der Waals surface area contributed by atoms with Gasteiger partial charge in [-0.2, -0.15) is 0 Å². The highest BCUT2D eigenvalue weighted by molar-refractivity contribution is 4.47. The second-order valence-corrected chi connectivity index (χ2v) is 1.68. The van der Waals surface area contributed by atoms with E-state index in [0.717, 1.165) is 7.11 Å². The third-order valence-electron chi connectivity index (χ3n) is 1.13. The zero-order valence-corrected chi connectivity index (χ0v) is 5.40. The molecule has 0 atom stereocenters. The van der Waals surface area contributed by atoms with E-state index in [2.05, 4.69) is 14.2 Å². The van der Waals surface area contributed by atoms with Crippen molar-refractivity contribution in [2.24, 2.45) is 0 Å². The van der Waals surface area contributed by atoms with Crippen molar-refractivity contribution in [2.45, 2.75) is 6.10 Å². The summed E-state index contributed by atoms with van der Waals surface area (Å²) in [5.74, 6) is 0. The number of nitrogens with zero attached hydrogens (tertiary/aromatic N) is 1. The van der Waals surface area contributed by atoms with E-state index >= 15 is 0 Å². The summed E-state index contributed by atoms with van der Waals surface area (Å²) in [6, 6.07) is 0. The first-order valence-electron chi connectivity index (χ1n) is 2.69. The average Bonchev–Trinajstić information content (AvgIpc) is 2.35. The van der Waals surface area contributed by atoms with E-state index < -0.39 is 11.0 Å². The monoisotopic (exact) mass is 149 g/mol. The van der Waals surface area contributed by atoms with Crippen molar-refractivity contribution < 1.29 is 19.1 Å². The molecule has 6 heteroatoms. The van der Waals surface area contributed by atoms with E-state index in [0.29, 0.717) is 0 Å². The Bertz CT molecular complexity index is 141. The van der Waals surface area contributed by atoms with Gasteiger partial charge in [-0.15, -0.1) is 0 Å². The maximum atomic E-state index is 10.2. The van der Waals surface area contributed by atoms with Gasteiger partial charge in [0.2, 0.25) is 0 Å². The van der Waals surface area contributed by atoms with Crippen LogP contribution in [0.25, 0.3) is 0 Å². The minimum absolute atomic E-state index is 0.189. The molecule has 0 amide bonds. The van der Waals surface area contributed by atoms with Crippen molar-refractivity contribution in [3.05, 3.63) is 10.1 Å². The van der Waals surface area contributed by atoms with Crippen LogP contribution in [0.1, 0.15) is 0 Å². The minimum atomic E-state index is -2.04. The van der Waals surface area contributed by atoms with Gasteiger partial charge in [-0.1, -0.05) is 0 Å². The Morgan fingerprint density at radius 3 is 2.30 bits per heavy atom. The quantitative estimate of drug-likeness (QED) is 0.302. The fourth-order valence-corrected chi connectivity index (χ4v) is 0.681. The summed E-state index contributed by atoms with van der Waals surface area (Å²) in [5, 5.41) is 10.2. The standard InChI is InChI=1S/C4H7NO5/c1-8-4(5(6)7)9-2-3-10-4/h2-3H2,1H3. The number of ether oxygens (including phenoxy) is 3. The molecule has 0 aromatic heterocycles. The molecule has 58 valence electrons. The van der Waals surface area contributed by atoms with E-state index in [4.69, 9.17) is 0 Å². The van der Waals surface area contributed by atoms with E-state index in [9.17, 15) is 10.1 Å². The number of hydrogen-bond acceptors (Lipinski definition) is 5. The summed E-state index contributed by atoms with van der Waals surface area (Å²) < 4.78 is 13.6. The van der Waals surface area contributed by atoms with Crippen molar-refractivity contribution in [3.63, 3.8) is 0 Å². The van der Waals surface area contributed by atoms with Gasteiger partial charge in [0, 0.05) is 7.11 Å². The van der Waals surface area contributed by atoms with Crippen LogP contribution in [0.2, 0.25) is 0 Å². The first kappa shape index (κ1) is 7.39. The van der Waals surface area contributed by atoms with Crippen LogP contribution in [-0.2, 0) is 14.2 Å². The lowest BCUT2D eigenvalue weighted by Gasteiger charge is -2.12. The number of hydrogen-bond donors (Lipinski definition) is 0. The summed E-state index contributed by atoms with van der Waals surface area (Å²) in [4.78, 5) is 9.44. The maximum Gasteiger partial charge on any atom is 0.574 e. The molecule has 0 unspecified atom stereocenters. The van der Waals surface area contributed by atoms with Crippen LogP contribution in [0.4, 0.5) is 0 Å². The van der Waals surface area contributed by atoms with Gasteiger partial charge in [-0.25, -0.2) is 0 Å². The maximum absolute atomic E-state index is 10.2. The first-order valence-corrected chi connectivity index (χ1v) is 2.69. The van der Waals surface area contributed by atoms with Crippen molar-refractivity contribution in [1.82, 2.24) is 0 Å². The van der Waals surface area contributed by atoms with Crippen LogP contribution in [0.5, 0.6) is 0 Å². The highest BCUT2D eigenvalue weighted by Crippen LogP contribution is 2.19. The van der Waals surface area contributed by atoms with Crippen molar-refractivity contribution in [1.29, 1.82) is 0 Å². The molecular formula is C4H7NO5. The zero-order valence-electron chi connectivity index (χ0n) is 5.40. The van der Waals surface area contributed by atoms with Crippen LogP contribution >= 0.6 is 0 Å². The molecule has 1 rings (SSSR count). The molecule has 0 N–H and O–H groups in total. The smallest absolute Gasteiger partial charge is 0.268 e. The third-order valence-corrected chi connectivity index (χ3v) is 1.13. The number of rotatable bonds is 2. The Hall–Kier alpha value is -0.720. The van der Waals surface area contributed by atoms with E-state index in [1.165, 1.54) is 0 Å². The Morgan fingerprint density at radius 2 is 2.10 bits per heavy atom. The van der Waals surface area contributed by atoms with E-state index in [1.54, 1.807) is 0 Å². The highest BCUT2D eigenvalue weighted by atomic mass is 17.0. The largest absolute Gasteiger partial charge is 0.574 e. The topological polar surface area (TPSA) is 70.8 Å². The highest BCUT2D eigenvalue weighted by Gasteiger charge is 2.51. The van der Waals surface area contributed by atoms with Gasteiger partial charge < -0.3 is 0 Å². The van der Waals surface area contributed by atoms with E-state index in [-0.39, 0.29) is 13.2 Å². The summed E-state index contributed by atoms with van der Waals surface area (Å²) >= 11 is 0. The van der Waals surface area contributed by atoms with Crippen LogP contribution < -0.4 is 0 Å². The molecule has 1 heterocycles. The molecule has 1 saturated heterocycles. The summed E-state index contributed by atoms with van der Waals surface area (Å²) in [6.45, 7) is 0.379. The molecule has 1 fully saturated rings. The lowest BCUT2D eigenvalue weighted by atomic mass is 10.8. The molecule has 1 aliphatic heterocycles. The second-order valence-electron chi connectivity index (χ2n) is 1.68. The van der Waals surface area contributed by atoms with Gasteiger partial charge in [0.25, 0.3) is 0 Å². The molecule has 0 saturated carbocycles. The SMILES string of the molecule is COC1([N+](=O)[O-])OCCO1. The molecule has 0 aliphatic carbocycles. The van der Waals surface area contributed by atoms with Gasteiger partial charge >= 0.3 is 6.10 Å². The molecule has 0 bridgehead atoms. The fraction of sp³-hybridized carbons (Fsp3) is 1.00. The Labute approximate surface area is 56.8 Å². The number of methoxy groups -OCH3 is 1. The Kier molecular flexibility index (Phi) is 1.84. The van der Waals surface area contributed by atoms with Crippen molar-refractivity contribution >= 4 is 0 Å². The fourth-order valence-electron chi connectivity index (χ4n) is 0.681. The molecular weight excluding hydrogens is 142 g/mol. The molecule has 10 heavy (non-hydrogen) atoms. The predicted molar refractivity (Wildman–Crippen MR) is 28.6 cm³/mol. The second kappa shape index (κ2) is 2.49. The molecule has 0 spiro atoms. The normalized spacial score (nSPS) is 22.9. The lowest BCUT2D eigenvalue weighted by molar-refractivity contribution is -0.739. The van der Waals surface area contributed by atoms with Crippen molar-refractivity contribution in [3.8, 4) is 0 Å². The van der Waals surface area contributed by atoms with Crippen LogP contribution in [0.3, 0.4) is 0 Å². The summed E-state index contributed by atoms with van der Waals surface area (Å²) in [5.41, 5.74) is 0. The lowest BCUT2D eigenvalue weighted by Crippen LogP contribution is -2.41. The Balaban J connectivity index is 2.67. The Morgan fingerprint density at radius 1 is 1.60 bits per heavy atom. The van der Waals surface area contributed by atoms with Gasteiger partial charge in [0.15, 0.2) is 0 Å². The summed E-state index contributed by atoms with van der Waals surface area (Å²) in [6.07, 6.45) is -2.04. The van der Waals surface area contributed by atoms with Crippen LogP contribution in [0, 0.1) is 10.1 Å². The number of nitro groups is 1. The molecule has 0 aromatic rings. The van der Waals surface area contributed by atoms with Gasteiger partial charge in [-0.05, 0) is 0 Å². The summed E-state index contributed by atoms with van der Waals surface area (Å²) in [7, 11) is 1.16. The zero-order chi connectivity index (χ0) is 7.61. The minimum Gasteiger partial charge on any atom is -0.268 e. The third kappa shape index (κ3) is 0.962. The predicted octanol–water partition coefficient (Wildman–Crippen LogP) is -0.432.